The summed E-state index contributed by atoms with van der Waals surface area (Å²) in [7, 11) is -1.57. The first kappa shape index (κ1) is 12.8. The SMILES string of the molecule is C=C[SiH](CCC(F)(F)F)C1CCCCO1. The van der Waals surface area contributed by atoms with E-state index in [1.807, 2.05) is 0 Å². The van der Waals surface area contributed by atoms with E-state index in [-0.39, 0.29) is 11.8 Å². The highest BCUT2D eigenvalue weighted by molar-refractivity contribution is 6.65. The van der Waals surface area contributed by atoms with Crippen molar-refractivity contribution in [2.45, 2.75) is 43.6 Å². The number of hydrogen-bond acceptors (Lipinski definition) is 1. The molecule has 0 amide bonds. The minimum absolute atomic E-state index is 0.0820. The number of alkyl halides is 3. The zero-order valence-corrected chi connectivity index (χ0v) is 9.88. The Morgan fingerprint density at radius 1 is 1.40 bits per heavy atom. The Bertz CT molecular complexity index is 199. The summed E-state index contributed by atoms with van der Waals surface area (Å²) in [5, 5.41) is 0. The van der Waals surface area contributed by atoms with Crippen molar-refractivity contribution in [3.63, 3.8) is 0 Å². The lowest BCUT2D eigenvalue weighted by molar-refractivity contribution is -0.130. The maximum Gasteiger partial charge on any atom is 0.388 e. The Balaban J connectivity index is 2.37. The Labute approximate surface area is 89.9 Å². The highest BCUT2D eigenvalue weighted by atomic mass is 28.3. The van der Waals surface area contributed by atoms with E-state index in [9.17, 15) is 13.2 Å². The summed E-state index contributed by atoms with van der Waals surface area (Å²) in [6, 6.07) is 0.234. The van der Waals surface area contributed by atoms with Crippen LogP contribution in [0.15, 0.2) is 12.3 Å². The van der Waals surface area contributed by atoms with Gasteiger partial charge in [-0.25, -0.2) is 0 Å². The van der Waals surface area contributed by atoms with Gasteiger partial charge >= 0.3 is 6.18 Å². The van der Waals surface area contributed by atoms with Crippen molar-refractivity contribution in [1.82, 2.24) is 0 Å². The maximum atomic E-state index is 12.1. The van der Waals surface area contributed by atoms with Crippen molar-refractivity contribution in [2.75, 3.05) is 6.61 Å². The van der Waals surface area contributed by atoms with Crippen LogP contribution in [0.4, 0.5) is 13.2 Å². The molecular weight excluding hydrogens is 221 g/mol. The van der Waals surface area contributed by atoms with E-state index >= 15 is 0 Å². The molecule has 0 aromatic rings. The van der Waals surface area contributed by atoms with Gasteiger partial charge in [-0.05, 0) is 25.3 Å². The lowest BCUT2D eigenvalue weighted by Crippen LogP contribution is -2.35. The van der Waals surface area contributed by atoms with E-state index < -0.39 is 21.4 Å². The predicted octanol–water partition coefficient (Wildman–Crippen LogP) is 3.00. The van der Waals surface area contributed by atoms with Crippen molar-refractivity contribution in [1.29, 1.82) is 0 Å². The minimum atomic E-state index is -4.04. The molecule has 1 aliphatic heterocycles. The van der Waals surface area contributed by atoms with Crippen LogP contribution in [0.1, 0.15) is 25.7 Å². The summed E-state index contributed by atoms with van der Waals surface area (Å²) in [6.45, 7) is 4.35. The minimum Gasteiger partial charge on any atom is -0.382 e. The Morgan fingerprint density at radius 3 is 2.60 bits per heavy atom. The van der Waals surface area contributed by atoms with Crippen LogP contribution >= 0.6 is 0 Å². The van der Waals surface area contributed by atoms with E-state index in [2.05, 4.69) is 6.58 Å². The first-order valence-electron chi connectivity index (χ1n) is 5.34. The van der Waals surface area contributed by atoms with Crippen LogP contribution in [0.5, 0.6) is 0 Å². The van der Waals surface area contributed by atoms with Crippen LogP contribution in [0.3, 0.4) is 0 Å². The zero-order chi connectivity index (χ0) is 11.3. The molecule has 0 saturated carbocycles. The van der Waals surface area contributed by atoms with Gasteiger partial charge in [0.1, 0.15) is 0 Å². The average Bonchev–Trinajstić information content (AvgIpc) is 2.19. The van der Waals surface area contributed by atoms with Crippen LogP contribution < -0.4 is 0 Å². The van der Waals surface area contributed by atoms with E-state index in [4.69, 9.17) is 4.74 Å². The Kier molecular flexibility index (Phi) is 4.85. The zero-order valence-electron chi connectivity index (χ0n) is 8.72. The quantitative estimate of drug-likeness (QED) is 0.684. The largest absolute Gasteiger partial charge is 0.388 e. The molecule has 0 bridgehead atoms. The molecule has 0 spiro atoms. The van der Waals surface area contributed by atoms with Crippen LogP contribution in [0, 0.1) is 0 Å². The van der Waals surface area contributed by atoms with Gasteiger partial charge in [-0.2, -0.15) is 13.2 Å². The standard InChI is InChI=1S/C10H17F3OSi/c1-2-15(8-6-10(11,12)13)9-5-3-4-7-14-9/h2,9,15H,1,3-8H2. The molecule has 2 unspecified atom stereocenters. The highest BCUT2D eigenvalue weighted by Gasteiger charge is 2.31. The number of rotatable bonds is 4. The molecule has 1 fully saturated rings. The lowest BCUT2D eigenvalue weighted by Gasteiger charge is -2.27. The number of hydrogen-bond donors (Lipinski definition) is 0. The molecule has 0 N–H and O–H groups in total. The molecule has 5 heteroatoms. The third kappa shape index (κ3) is 4.84. The molecule has 0 aliphatic carbocycles. The number of halogens is 3. The molecule has 1 nitrogen and oxygen atoms in total. The first-order valence-corrected chi connectivity index (χ1v) is 7.49. The fourth-order valence-corrected chi connectivity index (χ4v) is 4.51. The summed E-state index contributed by atoms with van der Waals surface area (Å²) >= 11 is 0. The molecule has 1 heterocycles. The van der Waals surface area contributed by atoms with Crippen molar-refractivity contribution >= 4 is 8.80 Å². The van der Waals surface area contributed by atoms with Gasteiger partial charge in [0, 0.05) is 18.8 Å². The highest BCUT2D eigenvalue weighted by Crippen LogP contribution is 2.26. The van der Waals surface area contributed by atoms with E-state index in [0.29, 0.717) is 6.61 Å². The van der Waals surface area contributed by atoms with E-state index in [1.54, 1.807) is 5.70 Å². The average molecular weight is 238 g/mol. The second kappa shape index (κ2) is 5.70. The van der Waals surface area contributed by atoms with Crippen molar-refractivity contribution < 1.29 is 17.9 Å². The molecule has 0 aromatic heterocycles. The third-order valence-corrected chi connectivity index (χ3v) is 5.80. The van der Waals surface area contributed by atoms with E-state index in [1.165, 1.54) is 0 Å². The molecule has 1 saturated heterocycles. The molecule has 88 valence electrons. The normalized spacial score (nSPS) is 24.9. The molecule has 2 atom stereocenters. The van der Waals surface area contributed by atoms with Crippen molar-refractivity contribution in [2.24, 2.45) is 0 Å². The van der Waals surface area contributed by atoms with Gasteiger partial charge in [0.2, 0.25) is 0 Å². The lowest BCUT2D eigenvalue weighted by atomic mass is 10.2. The monoisotopic (exact) mass is 238 g/mol. The van der Waals surface area contributed by atoms with Gasteiger partial charge in [0.15, 0.2) is 0 Å². The van der Waals surface area contributed by atoms with Crippen molar-refractivity contribution in [3.8, 4) is 0 Å². The van der Waals surface area contributed by atoms with Crippen LogP contribution in [0.25, 0.3) is 0 Å². The maximum absolute atomic E-state index is 12.1. The van der Waals surface area contributed by atoms with Crippen LogP contribution in [0.2, 0.25) is 6.04 Å². The Hall–Kier alpha value is -0.293. The topological polar surface area (TPSA) is 9.23 Å². The first-order chi connectivity index (χ1) is 7.03. The van der Waals surface area contributed by atoms with Gasteiger partial charge in [-0.1, -0.05) is 0 Å². The van der Waals surface area contributed by atoms with E-state index in [0.717, 1.165) is 19.3 Å². The third-order valence-electron chi connectivity index (χ3n) is 2.76. The smallest absolute Gasteiger partial charge is 0.382 e. The summed E-state index contributed by atoms with van der Waals surface area (Å²) < 4.78 is 41.7. The van der Waals surface area contributed by atoms with Gasteiger partial charge < -0.3 is 4.74 Å². The molecule has 15 heavy (non-hydrogen) atoms. The Morgan fingerprint density at radius 2 is 2.13 bits per heavy atom. The predicted molar refractivity (Wildman–Crippen MR) is 56.4 cm³/mol. The van der Waals surface area contributed by atoms with Crippen LogP contribution in [-0.4, -0.2) is 27.3 Å². The van der Waals surface area contributed by atoms with Crippen molar-refractivity contribution in [3.05, 3.63) is 12.3 Å². The van der Waals surface area contributed by atoms with Gasteiger partial charge in [-0.3, -0.25) is 0 Å². The summed E-state index contributed by atoms with van der Waals surface area (Å²) in [4.78, 5) is 0. The van der Waals surface area contributed by atoms with Gasteiger partial charge in [0.05, 0.1) is 8.80 Å². The molecule has 0 radical (unpaired) electrons. The molecular formula is C10H17F3OSi. The fraction of sp³-hybridized carbons (Fsp3) is 0.800. The summed E-state index contributed by atoms with van der Waals surface area (Å²) in [6.07, 6.45) is -1.69. The van der Waals surface area contributed by atoms with Crippen LogP contribution in [-0.2, 0) is 4.74 Å². The van der Waals surface area contributed by atoms with Gasteiger partial charge in [-0.15, -0.1) is 12.3 Å². The second-order valence-corrected chi connectivity index (χ2v) is 7.08. The molecule has 1 rings (SSSR count). The van der Waals surface area contributed by atoms with Gasteiger partial charge in [0.25, 0.3) is 0 Å². The number of ether oxygens (including phenoxy) is 1. The second-order valence-electron chi connectivity index (χ2n) is 3.96. The molecule has 0 aromatic carbocycles. The fourth-order valence-electron chi connectivity index (χ4n) is 1.89. The molecule has 1 aliphatic rings. The summed E-state index contributed by atoms with van der Waals surface area (Å²) in [5.41, 5.74) is 1.82. The summed E-state index contributed by atoms with van der Waals surface area (Å²) in [5.74, 6) is 0.